The first-order valence-corrected chi connectivity index (χ1v) is 5.07. The zero-order valence-corrected chi connectivity index (χ0v) is 8.67. The molecule has 0 aromatic heterocycles. The summed E-state index contributed by atoms with van der Waals surface area (Å²) in [6.07, 6.45) is 3.52. The average molecular weight is 211 g/mol. The van der Waals surface area contributed by atoms with E-state index in [0.29, 0.717) is 13.1 Å². The van der Waals surface area contributed by atoms with Gasteiger partial charge < -0.3 is 11.5 Å². The Morgan fingerprint density at radius 3 is 1.67 bits per heavy atom. The Hall–Kier alpha value is 0.500. The molecular weight excluding hydrogens is 195 g/mol. The lowest BCUT2D eigenvalue weighted by molar-refractivity contribution is 0.202. The Morgan fingerprint density at radius 2 is 1.33 bits per heavy atom. The van der Waals surface area contributed by atoms with Crippen LogP contribution in [0.5, 0.6) is 0 Å². The molecule has 0 radical (unpaired) electrons. The second kappa shape index (κ2) is 3.70. The van der Waals surface area contributed by atoms with Gasteiger partial charge in [0.2, 0.25) is 0 Å². The van der Waals surface area contributed by atoms with Gasteiger partial charge in [-0.05, 0) is 44.2 Å². The number of nitrogens with two attached hydrogens (primary N) is 2. The van der Waals surface area contributed by atoms with Crippen LogP contribution in [0, 0.1) is 5.41 Å². The van der Waals surface area contributed by atoms with Crippen LogP contribution >= 0.6 is 23.2 Å². The third-order valence-electron chi connectivity index (χ3n) is 2.91. The highest BCUT2D eigenvalue weighted by Crippen LogP contribution is 2.45. The van der Waals surface area contributed by atoms with Gasteiger partial charge in [0.1, 0.15) is 4.33 Å². The van der Waals surface area contributed by atoms with Gasteiger partial charge in [-0.3, -0.25) is 0 Å². The first-order valence-electron chi connectivity index (χ1n) is 4.32. The van der Waals surface area contributed by atoms with E-state index in [0.717, 1.165) is 25.7 Å². The predicted molar refractivity (Wildman–Crippen MR) is 53.4 cm³/mol. The summed E-state index contributed by atoms with van der Waals surface area (Å²) in [6.45, 7) is 1.29. The van der Waals surface area contributed by atoms with Crippen LogP contribution in [0.3, 0.4) is 0 Å². The third kappa shape index (κ3) is 2.25. The summed E-state index contributed by atoms with van der Waals surface area (Å²) in [5, 5.41) is 0. The van der Waals surface area contributed by atoms with Crippen molar-refractivity contribution in [2.75, 3.05) is 13.1 Å². The van der Waals surface area contributed by atoms with Crippen molar-refractivity contribution in [3.63, 3.8) is 0 Å². The number of alkyl halides is 2. The smallest absolute Gasteiger partial charge is 0.118 e. The van der Waals surface area contributed by atoms with Crippen molar-refractivity contribution in [1.29, 1.82) is 0 Å². The Balaban J connectivity index is 2.53. The summed E-state index contributed by atoms with van der Waals surface area (Å²) in [6, 6.07) is 0. The zero-order valence-electron chi connectivity index (χ0n) is 7.15. The zero-order chi connectivity index (χ0) is 9.24. The van der Waals surface area contributed by atoms with Crippen molar-refractivity contribution in [1.82, 2.24) is 0 Å². The minimum atomic E-state index is -0.534. The highest BCUT2D eigenvalue weighted by molar-refractivity contribution is 6.48. The fourth-order valence-corrected chi connectivity index (χ4v) is 2.02. The molecule has 0 saturated heterocycles. The number of hydrogen-bond donors (Lipinski definition) is 2. The molecule has 1 rings (SSSR count). The minimum Gasteiger partial charge on any atom is -0.330 e. The SMILES string of the molecule is NCC1(CN)CCC(Cl)(Cl)CC1. The summed E-state index contributed by atoms with van der Waals surface area (Å²) >= 11 is 12.0. The van der Waals surface area contributed by atoms with Crippen LogP contribution in [0.2, 0.25) is 0 Å². The van der Waals surface area contributed by atoms with Gasteiger partial charge in [0.15, 0.2) is 0 Å². The van der Waals surface area contributed by atoms with Crippen LogP contribution < -0.4 is 11.5 Å². The first-order chi connectivity index (χ1) is 5.54. The van der Waals surface area contributed by atoms with Crippen LogP contribution in [-0.4, -0.2) is 17.4 Å². The van der Waals surface area contributed by atoms with Gasteiger partial charge in [0.25, 0.3) is 0 Å². The fraction of sp³-hybridized carbons (Fsp3) is 1.00. The molecule has 1 saturated carbocycles. The van der Waals surface area contributed by atoms with Gasteiger partial charge in [0, 0.05) is 0 Å². The van der Waals surface area contributed by atoms with Crippen molar-refractivity contribution in [3.8, 4) is 0 Å². The van der Waals surface area contributed by atoms with Gasteiger partial charge in [-0.15, -0.1) is 23.2 Å². The third-order valence-corrected chi connectivity index (χ3v) is 3.66. The molecule has 0 bridgehead atoms. The van der Waals surface area contributed by atoms with Crippen molar-refractivity contribution >= 4 is 23.2 Å². The predicted octanol–water partition coefficient (Wildman–Crippen LogP) is 1.64. The molecule has 0 unspecified atom stereocenters. The van der Waals surface area contributed by atoms with Crippen LogP contribution in [-0.2, 0) is 0 Å². The summed E-state index contributed by atoms with van der Waals surface area (Å²) in [7, 11) is 0. The summed E-state index contributed by atoms with van der Waals surface area (Å²) < 4.78 is -0.534. The number of hydrogen-bond acceptors (Lipinski definition) is 2. The molecule has 1 aliphatic rings. The molecule has 0 aliphatic heterocycles. The van der Waals surface area contributed by atoms with Crippen LogP contribution in [0.15, 0.2) is 0 Å². The maximum Gasteiger partial charge on any atom is 0.118 e. The highest BCUT2D eigenvalue weighted by atomic mass is 35.5. The quantitative estimate of drug-likeness (QED) is 0.682. The van der Waals surface area contributed by atoms with Gasteiger partial charge in [0.05, 0.1) is 0 Å². The van der Waals surface area contributed by atoms with E-state index in [1.165, 1.54) is 0 Å². The summed E-state index contributed by atoms with van der Waals surface area (Å²) in [5.74, 6) is 0. The van der Waals surface area contributed by atoms with E-state index in [4.69, 9.17) is 34.7 Å². The van der Waals surface area contributed by atoms with Gasteiger partial charge >= 0.3 is 0 Å². The van der Waals surface area contributed by atoms with Crippen LogP contribution in [0.25, 0.3) is 0 Å². The summed E-state index contributed by atoms with van der Waals surface area (Å²) in [4.78, 5) is 0. The van der Waals surface area contributed by atoms with E-state index < -0.39 is 4.33 Å². The van der Waals surface area contributed by atoms with Crippen molar-refractivity contribution in [3.05, 3.63) is 0 Å². The minimum absolute atomic E-state index is 0.104. The molecule has 1 fully saturated rings. The van der Waals surface area contributed by atoms with E-state index in [9.17, 15) is 0 Å². The highest BCUT2D eigenvalue weighted by Gasteiger charge is 2.38. The second-order valence-corrected chi connectivity index (χ2v) is 5.40. The van der Waals surface area contributed by atoms with E-state index in [1.54, 1.807) is 0 Å². The Kier molecular flexibility index (Phi) is 3.27. The lowest BCUT2D eigenvalue weighted by atomic mass is 9.74. The largest absolute Gasteiger partial charge is 0.330 e. The Labute approximate surface area is 83.6 Å². The van der Waals surface area contributed by atoms with Crippen LogP contribution in [0.1, 0.15) is 25.7 Å². The molecule has 0 aromatic carbocycles. The van der Waals surface area contributed by atoms with E-state index in [-0.39, 0.29) is 5.41 Å². The van der Waals surface area contributed by atoms with E-state index in [2.05, 4.69) is 0 Å². The molecule has 0 atom stereocenters. The first kappa shape index (κ1) is 10.6. The second-order valence-electron chi connectivity index (χ2n) is 3.76. The normalized spacial score (nSPS) is 27.0. The topological polar surface area (TPSA) is 52.0 Å². The monoisotopic (exact) mass is 210 g/mol. The molecule has 0 amide bonds. The molecule has 1 aliphatic carbocycles. The van der Waals surface area contributed by atoms with Gasteiger partial charge in [-0.25, -0.2) is 0 Å². The molecule has 2 nitrogen and oxygen atoms in total. The van der Waals surface area contributed by atoms with Crippen molar-refractivity contribution in [2.24, 2.45) is 16.9 Å². The maximum atomic E-state index is 6.00. The lowest BCUT2D eigenvalue weighted by Crippen LogP contribution is -2.43. The molecule has 12 heavy (non-hydrogen) atoms. The molecule has 0 spiro atoms. The summed E-state index contributed by atoms with van der Waals surface area (Å²) in [5.41, 5.74) is 11.4. The van der Waals surface area contributed by atoms with Crippen molar-refractivity contribution in [2.45, 2.75) is 30.0 Å². The maximum absolute atomic E-state index is 6.00. The number of halogens is 2. The van der Waals surface area contributed by atoms with Gasteiger partial charge in [-0.1, -0.05) is 0 Å². The lowest BCUT2D eigenvalue weighted by Gasteiger charge is -2.39. The molecular formula is C8H16Cl2N2. The molecule has 0 heterocycles. The fourth-order valence-electron chi connectivity index (χ4n) is 1.64. The molecule has 4 heteroatoms. The van der Waals surface area contributed by atoms with Crippen molar-refractivity contribution < 1.29 is 0 Å². The van der Waals surface area contributed by atoms with E-state index in [1.807, 2.05) is 0 Å². The van der Waals surface area contributed by atoms with Gasteiger partial charge in [-0.2, -0.15) is 0 Å². The molecule has 0 aromatic rings. The Bertz CT molecular complexity index is 143. The molecule has 4 N–H and O–H groups in total. The van der Waals surface area contributed by atoms with E-state index >= 15 is 0 Å². The average Bonchev–Trinajstić information content (AvgIpc) is 2.06. The standard InChI is InChI=1S/C8H16Cl2N2/c9-8(10)3-1-7(5-11,6-12)2-4-8/h1-6,11-12H2. The Morgan fingerprint density at radius 1 is 0.917 bits per heavy atom. The van der Waals surface area contributed by atoms with Crippen LogP contribution in [0.4, 0.5) is 0 Å². The molecule has 72 valence electrons. The number of rotatable bonds is 2.